The normalized spacial score (nSPS) is 14.0. The Morgan fingerprint density at radius 3 is 2.44 bits per heavy atom. The van der Waals surface area contributed by atoms with E-state index in [9.17, 15) is 22.1 Å². The minimum absolute atomic E-state index is 0.0121. The Kier molecular flexibility index (Phi) is 5.01. The van der Waals surface area contributed by atoms with Crippen LogP contribution in [-0.4, -0.2) is 16.8 Å². The van der Waals surface area contributed by atoms with Crippen LogP contribution in [-0.2, 0) is 9.95 Å². The zero-order valence-electron chi connectivity index (χ0n) is 13.6. The molecule has 1 unspecified atom stereocenters. The molecule has 0 fully saturated rings. The zero-order valence-corrected chi connectivity index (χ0v) is 15.2. The van der Waals surface area contributed by atoms with Crippen LogP contribution in [0.2, 0.25) is 0 Å². The minimum Gasteiger partial charge on any atom is -0.331 e. The number of nitrogens with one attached hydrogen (secondary N) is 1. The fraction of sp³-hybridized carbons (Fsp3) is 0.125. The first kappa shape index (κ1) is 19.4. The lowest BCUT2D eigenvalue weighted by Crippen LogP contribution is -2.15. The van der Waals surface area contributed by atoms with Gasteiger partial charge in [0.05, 0.1) is 11.0 Å². The molecule has 27 heavy (non-hydrogen) atoms. The van der Waals surface area contributed by atoms with Crippen molar-refractivity contribution in [1.29, 1.82) is 0 Å². The average Bonchev–Trinajstić information content (AvgIpc) is 3.07. The Hall–Kier alpha value is -2.38. The van der Waals surface area contributed by atoms with Gasteiger partial charge < -0.3 is 9.61 Å². The number of hydrogen-bond acceptors (Lipinski definition) is 4. The molecule has 11 heteroatoms. The summed E-state index contributed by atoms with van der Waals surface area (Å²) in [6, 6.07) is 8.89. The van der Waals surface area contributed by atoms with E-state index in [1.807, 2.05) is 0 Å². The highest BCUT2D eigenvalue weighted by molar-refractivity contribution is 7.72. The molecule has 0 aliphatic rings. The van der Waals surface area contributed by atoms with Crippen molar-refractivity contribution in [3.63, 3.8) is 0 Å². The first-order chi connectivity index (χ1) is 12.6. The molecule has 0 spiro atoms. The van der Waals surface area contributed by atoms with Gasteiger partial charge in [-0.25, -0.2) is 8.78 Å². The van der Waals surface area contributed by atoms with Crippen LogP contribution in [0.4, 0.5) is 23.2 Å². The Bertz CT molecular complexity index is 1040. The molecule has 0 bridgehead atoms. The summed E-state index contributed by atoms with van der Waals surface area (Å²) in [5, 5.41) is 1.75. The van der Waals surface area contributed by atoms with Crippen LogP contribution in [0, 0.1) is 11.6 Å². The van der Waals surface area contributed by atoms with Gasteiger partial charge in [0.1, 0.15) is 11.6 Å². The number of halogens is 5. The highest BCUT2D eigenvalue weighted by Crippen LogP contribution is 2.42. The Labute approximate surface area is 155 Å². The molecule has 0 saturated heterocycles. The summed E-state index contributed by atoms with van der Waals surface area (Å²) >= 11 is 4.79. The second-order valence-electron chi connectivity index (χ2n) is 5.60. The van der Waals surface area contributed by atoms with Gasteiger partial charge in [0.25, 0.3) is 0 Å². The Balaban J connectivity index is 1.91. The lowest BCUT2D eigenvalue weighted by Gasteiger charge is -2.18. The van der Waals surface area contributed by atoms with Gasteiger partial charge in [0, 0.05) is 12.2 Å². The Morgan fingerprint density at radius 2 is 1.85 bits per heavy atom. The van der Waals surface area contributed by atoms with Gasteiger partial charge in [-0.15, -0.1) is 0 Å². The van der Waals surface area contributed by atoms with Crippen molar-refractivity contribution in [2.24, 2.45) is 0 Å². The van der Waals surface area contributed by atoms with E-state index in [0.717, 1.165) is 6.07 Å². The molecular weight excluding hydrogens is 409 g/mol. The highest BCUT2D eigenvalue weighted by Gasteiger charge is 2.36. The van der Waals surface area contributed by atoms with Gasteiger partial charge in [-0.2, -0.15) is 13.8 Å². The van der Waals surface area contributed by atoms with E-state index in [1.165, 1.54) is 43.1 Å². The van der Waals surface area contributed by atoms with E-state index >= 15 is 0 Å². The number of alkyl halides is 3. The predicted molar refractivity (Wildman–Crippen MR) is 92.6 cm³/mol. The van der Waals surface area contributed by atoms with Crippen molar-refractivity contribution in [1.82, 2.24) is 10.1 Å². The van der Waals surface area contributed by atoms with Crippen molar-refractivity contribution in [2.75, 3.05) is 11.8 Å². The first-order valence-corrected chi connectivity index (χ1v) is 9.93. The number of aromatic nitrogens is 2. The van der Waals surface area contributed by atoms with Crippen LogP contribution in [0.5, 0.6) is 0 Å². The standard InChI is InChI=1S/C16H11ClF4N3O2P/c1-27(25,24-12-5-3-2-4-10(12)18)13-7-6-9(8-11(13)19)14-22-15(26-23-14)16(17,20)21/h2-8H,1H3,(H,24,25). The quantitative estimate of drug-likeness (QED) is 0.360. The smallest absolute Gasteiger partial charge is 0.331 e. The second-order valence-corrected chi connectivity index (χ2v) is 8.63. The molecule has 1 aromatic heterocycles. The Morgan fingerprint density at radius 1 is 1.15 bits per heavy atom. The van der Waals surface area contributed by atoms with Crippen LogP contribution >= 0.6 is 18.9 Å². The van der Waals surface area contributed by atoms with Crippen LogP contribution < -0.4 is 10.4 Å². The van der Waals surface area contributed by atoms with Crippen molar-refractivity contribution in [2.45, 2.75) is 5.38 Å². The van der Waals surface area contributed by atoms with E-state index < -0.39 is 30.2 Å². The monoisotopic (exact) mass is 419 g/mol. The number of nitrogens with zero attached hydrogens (tertiary/aromatic N) is 2. The van der Waals surface area contributed by atoms with Crippen LogP contribution in [0.25, 0.3) is 11.4 Å². The summed E-state index contributed by atoms with van der Waals surface area (Å²) in [5.41, 5.74) is -0.0305. The number of anilines is 1. The second kappa shape index (κ2) is 6.98. The van der Waals surface area contributed by atoms with Gasteiger partial charge in [-0.3, -0.25) is 4.57 Å². The summed E-state index contributed by atoms with van der Waals surface area (Å²) in [6.45, 7) is 1.23. The van der Waals surface area contributed by atoms with Crippen molar-refractivity contribution in [3.05, 3.63) is 60.0 Å². The van der Waals surface area contributed by atoms with E-state index in [1.54, 1.807) is 0 Å². The van der Waals surface area contributed by atoms with Gasteiger partial charge in [-0.1, -0.05) is 23.4 Å². The lowest BCUT2D eigenvalue weighted by atomic mass is 10.2. The van der Waals surface area contributed by atoms with Gasteiger partial charge in [0.2, 0.25) is 5.82 Å². The molecule has 5 nitrogen and oxygen atoms in total. The third-order valence-electron chi connectivity index (χ3n) is 3.54. The molecule has 0 aliphatic heterocycles. The molecule has 0 amide bonds. The molecule has 3 aromatic rings. The maximum Gasteiger partial charge on any atom is 0.400 e. The molecule has 0 aliphatic carbocycles. The molecule has 0 radical (unpaired) electrons. The molecule has 2 aromatic carbocycles. The fourth-order valence-corrected chi connectivity index (χ4v) is 3.96. The summed E-state index contributed by atoms with van der Waals surface area (Å²) in [7, 11) is -3.53. The predicted octanol–water partition coefficient (Wildman–Crippen LogP) is 4.95. The SMILES string of the molecule is CP(=O)(Nc1ccccc1F)c1ccc(-c2noc(C(F)(F)Cl)n2)cc1F. The van der Waals surface area contributed by atoms with E-state index in [4.69, 9.17) is 11.6 Å². The van der Waals surface area contributed by atoms with Gasteiger partial charge >= 0.3 is 11.3 Å². The average molecular weight is 420 g/mol. The zero-order chi connectivity index (χ0) is 19.8. The molecule has 1 atom stereocenters. The van der Waals surface area contributed by atoms with E-state index in [-0.39, 0.29) is 22.4 Å². The highest BCUT2D eigenvalue weighted by atomic mass is 35.5. The minimum atomic E-state index is -3.85. The summed E-state index contributed by atoms with van der Waals surface area (Å²) < 4.78 is 71.3. The maximum atomic E-state index is 14.5. The first-order valence-electron chi connectivity index (χ1n) is 7.39. The fourth-order valence-electron chi connectivity index (χ4n) is 2.29. The number of benzene rings is 2. The summed E-state index contributed by atoms with van der Waals surface area (Å²) in [5.74, 6) is -3.00. The third kappa shape index (κ3) is 4.14. The third-order valence-corrected chi connectivity index (χ3v) is 5.65. The van der Waals surface area contributed by atoms with Crippen LogP contribution in [0.3, 0.4) is 0 Å². The molecule has 3 rings (SSSR count). The maximum absolute atomic E-state index is 14.5. The number of para-hydroxylation sites is 1. The molecule has 142 valence electrons. The topological polar surface area (TPSA) is 68.0 Å². The molecule has 1 N–H and O–H groups in total. The largest absolute Gasteiger partial charge is 0.400 e. The molecular formula is C16H11ClF4N3O2P. The number of rotatable bonds is 5. The van der Waals surface area contributed by atoms with Gasteiger partial charge in [-0.05, 0) is 35.9 Å². The van der Waals surface area contributed by atoms with Crippen molar-refractivity contribution >= 4 is 29.9 Å². The van der Waals surface area contributed by atoms with Crippen molar-refractivity contribution < 1.29 is 26.6 Å². The van der Waals surface area contributed by atoms with Crippen LogP contribution in [0.15, 0.2) is 47.0 Å². The lowest BCUT2D eigenvalue weighted by molar-refractivity contribution is 0.0551. The summed E-state index contributed by atoms with van der Waals surface area (Å²) in [4.78, 5) is 3.40. The van der Waals surface area contributed by atoms with Gasteiger partial charge in [0.15, 0.2) is 7.29 Å². The van der Waals surface area contributed by atoms with Crippen molar-refractivity contribution in [3.8, 4) is 11.4 Å². The van der Waals surface area contributed by atoms with E-state index in [0.29, 0.717) is 0 Å². The summed E-state index contributed by atoms with van der Waals surface area (Å²) in [6.07, 6.45) is 0. The molecule has 0 saturated carbocycles. The number of hydrogen-bond donors (Lipinski definition) is 1. The van der Waals surface area contributed by atoms with Crippen LogP contribution in [0.1, 0.15) is 5.89 Å². The molecule has 1 heterocycles. The van der Waals surface area contributed by atoms with E-state index in [2.05, 4.69) is 19.8 Å².